The first-order valence-electron chi connectivity index (χ1n) is 11.9. The van der Waals surface area contributed by atoms with Crippen LogP contribution in [0.3, 0.4) is 0 Å². The van der Waals surface area contributed by atoms with Gasteiger partial charge in [0, 0.05) is 13.5 Å². The number of benzene rings is 3. The molecule has 0 bridgehead atoms. The summed E-state index contributed by atoms with van der Waals surface area (Å²) in [6, 6.07) is 30.5. The zero-order valence-corrected chi connectivity index (χ0v) is 19.8. The second-order valence-electron chi connectivity index (χ2n) is 8.51. The molecule has 0 aliphatic carbocycles. The Morgan fingerprint density at radius 1 is 0.676 bits per heavy atom. The summed E-state index contributed by atoms with van der Waals surface area (Å²) in [5.41, 5.74) is 3.37. The monoisotopic (exact) mass is 462 g/mol. The van der Waals surface area contributed by atoms with Crippen LogP contribution in [0.15, 0.2) is 91.0 Å². The fourth-order valence-electron chi connectivity index (χ4n) is 4.16. The van der Waals surface area contributed by atoms with Crippen molar-refractivity contribution >= 4 is 0 Å². The van der Waals surface area contributed by atoms with E-state index in [0.717, 1.165) is 29.5 Å². The second-order valence-corrected chi connectivity index (χ2v) is 8.51. The van der Waals surface area contributed by atoms with E-state index in [9.17, 15) is 0 Å². The molecular formula is C29H34O5. The van der Waals surface area contributed by atoms with Gasteiger partial charge in [-0.1, -0.05) is 91.0 Å². The largest absolute Gasteiger partial charge is 0.374 e. The first kappa shape index (κ1) is 24.6. The Bertz CT molecular complexity index is 935. The summed E-state index contributed by atoms with van der Waals surface area (Å²) < 4.78 is 30.9. The number of ether oxygens (including phenoxy) is 5. The highest BCUT2D eigenvalue weighted by molar-refractivity contribution is 5.15. The summed E-state index contributed by atoms with van der Waals surface area (Å²) in [4.78, 5) is 0. The van der Waals surface area contributed by atoms with Crippen LogP contribution < -0.4 is 0 Å². The van der Waals surface area contributed by atoms with Gasteiger partial charge in [0.2, 0.25) is 0 Å². The van der Waals surface area contributed by atoms with E-state index >= 15 is 0 Å². The Kier molecular flexibility index (Phi) is 9.67. The van der Waals surface area contributed by atoms with Gasteiger partial charge in [-0.25, -0.2) is 0 Å². The molecule has 3 aromatic rings. The lowest BCUT2D eigenvalue weighted by molar-refractivity contribution is -0.206. The highest BCUT2D eigenvalue weighted by atomic mass is 16.7. The molecule has 0 N–H and O–H groups in total. The van der Waals surface area contributed by atoms with E-state index in [-0.39, 0.29) is 24.6 Å². The Morgan fingerprint density at radius 2 is 1.21 bits per heavy atom. The second kappa shape index (κ2) is 13.4. The fraction of sp³-hybridized carbons (Fsp3) is 0.379. The van der Waals surface area contributed by atoms with E-state index in [1.54, 1.807) is 7.11 Å². The highest BCUT2D eigenvalue weighted by Crippen LogP contribution is 2.27. The molecule has 4 rings (SSSR count). The Hall–Kier alpha value is -2.54. The third-order valence-corrected chi connectivity index (χ3v) is 6.00. The lowest BCUT2D eigenvalue weighted by Crippen LogP contribution is -2.44. The van der Waals surface area contributed by atoms with Crippen LogP contribution in [-0.2, 0) is 43.5 Å². The van der Waals surface area contributed by atoms with Crippen molar-refractivity contribution in [1.29, 1.82) is 0 Å². The van der Waals surface area contributed by atoms with Gasteiger partial charge < -0.3 is 23.7 Å². The van der Waals surface area contributed by atoms with Gasteiger partial charge in [-0.05, 0) is 23.1 Å². The van der Waals surface area contributed by atoms with E-state index in [1.807, 2.05) is 54.6 Å². The molecule has 34 heavy (non-hydrogen) atoms. The summed E-state index contributed by atoms with van der Waals surface area (Å²) in [7, 11) is 1.68. The first-order valence-corrected chi connectivity index (χ1v) is 11.9. The van der Waals surface area contributed by atoms with E-state index < -0.39 is 0 Å². The predicted octanol–water partition coefficient (Wildman–Crippen LogP) is 5.53. The molecule has 5 nitrogen and oxygen atoms in total. The van der Waals surface area contributed by atoms with E-state index in [2.05, 4.69) is 36.4 Å². The minimum Gasteiger partial charge on any atom is -0.374 e. The van der Waals surface area contributed by atoms with Gasteiger partial charge in [0.05, 0.1) is 32.5 Å². The maximum Gasteiger partial charge on any atom is 0.157 e. The van der Waals surface area contributed by atoms with E-state index in [4.69, 9.17) is 23.7 Å². The summed E-state index contributed by atoms with van der Waals surface area (Å²) in [5.74, 6) is 0. The Morgan fingerprint density at radius 3 is 1.76 bits per heavy atom. The van der Waals surface area contributed by atoms with E-state index in [0.29, 0.717) is 26.4 Å². The van der Waals surface area contributed by atoms with Crippen LogP contribution in [0.4, 0.5) is 0 Å². The molecule has 0 saturated carbocycles. The summed E-state index contributed by atoms with van der Waals surface area (Å²) >= 11 is 0. The molecule has 0 spiro atoms. The minimum absolute atomic E-state index is 0.144. The number of methoxy groups -OCH3 is 1. The molecule has 1 heterocycles. The van der Waals surface area contributed by atoms with E-state index in [1.165, 1.54) is 0 Å². The maximum absolute atomic E-state index is 6.47. The zero-order chi connectivity index (χ0) is 23.4. The van der Waals surface area contributed by atoms with Crippen molar-refractivity contribution in [3.8, 4) is 0 Å². The molecular weight excluding hydrogens is 428 g/mol. The van der Waals surface area contributed by atoms with Crippen molar-refractivity contribution in [1.82, 2.24) is 0 Å². The lowest BCUT2D eigenvalue weighted by Gasteiger charge is -2.31. The summed E-state index contributed by atoms with van der Waals surface area (Å²) in [6.07, 6.45) is 0.435. The van der Waals surface area contributed by atoms with Crippen LogP contribution >= 0.6 is 0 Å². The van der Waals surface area contributed by atoms with Crippen LogP contribution in [-0.4, -0.2) is 38.3 Å². The fourth-order valence-corrected chi connectivity index (χ4v) is 4.16. The number of hydrogen-bond acceptors (Lipinski definition) is 5. The first-order chi connectivity index (χ1) is 16.8. The molecule has 1 unspecified atom stereocenters. The minimum atomic E-state index is -0.321. The van der Waals surface area contributed by atoms with Crippen LogP contribution in [0.25, 0.3) is 0 Å². The van der Waals surface area contributed by atoms with Gasteiger partial charge in [-0.3, -0.25) is 0 Å². The van der Waals surface area contributed by atoms with Crippen LogP contribution in [0, 0.1) is 0 Å². The van der Waals surface area contributed by atoms with Crippen molar-refractivity contribution in [2.24, 2.45) is 0 Å². The van der Waals surface area contributed by atoms with Crippen LogP contribution in [0.5, 0.6) is 0 Å². The average molecular weight is 463 g/mol. The summed E-state index contributed by atoms with van der Waals surface area (Å²) in [5, 5.41) is 0. The quantitative estimate of drug-likeness (QED) is 0.375. The molecule has 5 heteroatoms. The van der Waals surface area contributed by atoms with Crippen molar-refractivity contribution < 1.29 is 23.7 Å². The van der Waals surface area contributed by atoms with Crippen molar-refractivity contribution in [3.05, 3.63) is 108 Å². The third-order valence-electron chi connectivity index (χ3n) is 6.00. The zero-order valence-electron chi connectivity index (χ0n) is 19.8. The van der Waals surface area contributed by atoms with Crippen molar-refractivity contribution in [2.75, 3.05) is 13.7 Å². The predicted molar refractivity (Wildman–Crippen MR) is 131 cm³/mol. The Balaban J connectivity index is 1.47. The normalized spacial score (nSPS) is 22.9. The molecule has 0 amide bonds. The van der Waals surface area contributed by atoms with Gasteiger partial charge in [0.25, 0.3) is 0 Å². The topological polar surface area (TPSA) is 46.2 Å². The average Bonchev–Trinajstić information content (AvgIpc) is 3.07. The van der Waals surface area contributed by atoms with Gasteiger partial charge in [-0.15, -0.1) is 0 Å². The SMILES string of the molecule is COC1CC[C@@H](OCc2ccccc2)[C@H](OCc2ccccc2)[C@@H](COCc2ccccc2)O1. The van der Waals surface area contributed by atoms with Gasteiger partial charge >= 0.3 is 0 Å². The van der Waals surface area contributed by atoms with Crippen LogP contribution in [0.1, 0.15) is 29.5 Å². The molecule has 4 atom stereocenters. The standard InChI is InChI=1S/C29H34O5/c1-30-28-18-17-26(32-20-24-13-7-3-8-14-24)29(33-21-25-15-9-4-10-16-25)27(34-28)22-31-19-23-11-5-2-6-12-23/h2-16,26-29H,17-22H2,1H3/t26-,27-,28?,29+/m1/s1. The van der Waals surface area contributed by atoms with Gasteiger partial charge in [0.1, 0.15) is 12.2 Å². The van der Waals surface area contributed by atoms with Gasteiger partial charge in [0.15, 0.2) is 6.29 Å². The smallest absolute Gasteiger partial charge is 0.157 e. The Labute approximate surface area is 202 Å². The number of rotatable bonds is 11. The highest BCUT2D eigenvalue weighted by Gasteiger charge is 2.37. The number of hydrogen-bond donors (Lipinski definition) is 0. The lowest BCUT2D eigenvalue weighted by atomic mass is 10.0. The molecule has 3 aromatic carbocycles. The third kappa shape index (κ3) is 7.49. The van der Waals surface area contributed by atoms with Crippen molar-refractivity contribution in [2.45, 2.75) is 57.3 Å². The summed E-state index contributed by atoms with van der Waals surface area (Å²) in [6.45, 7) is 1.90. The molecule has 1 saturated heterocycles. The maximum atomic E-state index is 6.47. The molecule has 1 aliphatic rings. The molecule has 0 radical (unpaired) electrons. The molecule has 1 fully saturated rings. The van der Waals surface area contributed by atoms with Crippen LogP contribution in [0.2, 0.25) is 0 Å². The molecule has 1 aliphatic heterocycles. The molecule has 0 aromatic heterocycles. The van der Waals surface area contributed by atoms with Gasteiger partial charge in [-0.2, -0.15) is 0 Å². The molecule has 180 valence electrons. The van der Waals surface area contributed by atoms with Crippen molar-refractivity contribution in [3.63, 3.8) is 0 Å².